The van der Waals surface area contributed by atoms with Crippen molar-refractivity contribution < 1.29 is 14.5 Å². The van der Waals surface area contributed by atoms with Crippen LogP contribution in [0.1, 0.15) is 18.4 Å². The van der Waals surface area contributed by atoms with Crippen molar-refractivity contribution in [1.82, 2.24) is 10.2 Å². The molecule has 21 heavy (non-hydrogen) atoms. The predicted molar refractivity (Wildman–Crippen MR) is 77.2 cm³/mol. The van der Waals surface area contributed by atoms with Crippen LogP contribution in [-0.4, -0.2) is 42.5 Å². The summed E-state index contributed by atoms with van der Waals surface area (Å²) in [5.74, 6) is 0.0149. The molecule has 1 heterocycles. The number of nitrogens with one attached hydrogen (secondary N) is 1. The zero-order valence-electron chi connectivity index (χ0n) is 12.0. The van der Waals surface area contributed by atoms with E-state index in [1.165, 1.54) is 6.07 Å². The molecule has 1 aliphatic rings. The summed E-state index contributed by atoms with van der Waals surface area (Å²) < 4.78 is 5.40. The summed E-state index contributed by atoms with van der Waals surface area (Å²) in [4.78, 5) is 24.2. The van der Waals surface area contributed by atoms with E-state index in [0.29, 0.717) is 6.54 Å². The number of ether oxygens (including phenoxy) is 1. The van der Waals surface area contributed by atoms with E-state index in [0.717, 1.165) is 31.5 Å². The van der Waals surface area contributed by atoms with Gasteiger partial charge in [-0.05, 0) is 31.5 Å². The van der Waals surface area contributed by atoms with Crippen LogP contribution < -0.4 is 10.1 Å². The van der Waals surface area contributed by atoms with Gasteiger partial charge in [0.1, 0.15) is 0 Å². The molecule has 1 aromatic carbocycles. The van der Waals surface area contributed by atoms with E-state index in [1.807, 2.05) is 0 Å². The largest absolute Gasteiger partial charge is 0.477 e. The van der Waals surface area contributed by atoms with Gasteiger partial charge in [-0.25, -0.2) is 0 Å². The normalized spacial score (nSPS) is 14.2. The molecule has 1 amide bonds. The molecule has 0 saturated carbocycles. The Balaban J connectivity index is 2.07. The molecule has 7 nitrogen and oxygen atoms in total. The van der Waals surface area contributed by atoms with Crippen LogP contribution in [0.15, 0.2) is 18.2 Å². The van der Waals surface area contributed by atoms with E-state index in [-0.39, 0.29) is 24.0 Å². The second kappa shape index (κ2) is 7.03. The van der Waals surface area contributed by atoms with E-state index in [2.05, 4.69) is 5.32 Å². The molecule has 1 fully saturated rings. The van der Waals surface area contributed by atoms with Gasteiger partial charge in [-0.2, -0.15) is 0 Å². The number of amides is 1. The molecule has 1 N–H and O–H groups in total. The van der Waals surface area contributed by atoms with Gasteiger partial charge in [0.25, 0.3) is 5.91 Å². The standard InChI is InChI=1S/C14H19N3O4/c1-15-9-11-4-5-12(17(19)20)13(8-11)21-10-14(18)16-6-2-3-7-16/h4-5,8,15H,2-3,6-7,9-10H2,1H3. The molecule has 1 aromatic rings. The first-order chi connectivity index (χ1) is 10.1. The Bertz CT molecular complexity index is 527. The van der Waals surface area contributed by atoms with E-state index < -0.39 is 4.92 Å². The van der Waals surface area contributed by atoms with E-state index in [1.54, 1.807) is 24.1 Å². The molecule has 0 aliphatic carbocycles. The third-order valence-electron chi connectivity index (χ3n) is 3.41. The van der Waals surface area contributed by atoms with E-state index in [4.69, 9.17) is 4.74 Å². The van der Waals surface area contributed by atoms with Crippen molar-refractivity contribution in [1.29, 1.82) is 0 Å². The van der Waals surface area contributed by atoms with Crippen LogP contribution in [0.2, 0.25) is 0 Å². The molecule has 114 valence electrons. The number of carbonyl (C=O) groups excluding carboxylic acids is 1. The third-order valence-corrected chi connectivity index (χ3v) is 3.41. The van der Waals surface area contributed by atoms with Gasteiger partial charge in [-0.1, -0.05) is 6.07 Å². The number of hydrogen-bond acceptors (Lipinski definition) is 5. The fourth-order valence-electron chi connectivity index (χ4n) is 2.34. The topological polar surface area (TPSA) is 84.7 Å². The lowest BCUT2D eigenvalue weighted by Gasteiger charge is -2.15. The van der Waals surface area contributed by atoms with Crippen LogP contribution in [0.3, 0.4) is 0 Å². The van der Waals surface area contributed by atoms with Crippen molar-refractivity contribution in [3.8, 4) is 5.75 Å². The number of benzene rings is 1. The number of likely N-dealkylation sites (tertiary alicyclic amines) is 1. The lowest BCUT2D eigenvalue weighted by molar-refractivity contribution is -0.385. The lowest BCUT2D eigenvalue weighted by atomic mass is 10.2. The summed E-state index contributed by atoms with van der Waals surface area (Å²) >= 11 is 0. The first kappa shape index (κ1) is 15.2. The van der Waals surface area contributed by atoms with Crippen LogP contribution in [0, 0.1) is 10.1 Å². The van der Waals surface area contributed by atoms with E-state index in [9.17, 15) is 14.9 Å². The predicted octanol–water partition coefficient (Wildman–Crippen LogP) is 1.32. The minimum absolute atomic E-state index is 0.121. The van der Waals surface area contributed by atoms with Gasteiger partial charge in [0.2, 0.25) is 0 Å². The molecule has 7 heteroatoms. The van der Waals surface area contributed by atoms with Gasteiger partial charge < -0.3 is 15.0 Å². The average Bonchev–Trinajstić information content (AvgIpc) is 2.99. The average molecular weight is 293 g/mol. The molecular weight excluding hydrogens is 274 g/mol. The van der Waals surface area contributed by atoms with Crippen LogP contribution >= 0.6 is 0 Å². The zero-order valence-corrected chi connectivity index (χ0v) is 12.0. The molecule has 0 atom stereocenters. The van der Waals surface area contributed by atoms with Crippen molar-refractivity contribution in [2.75, 3.05) is 26.7 Å². The first-order valence-corrected chi connectivity index (χ1v) is 6.94. The SMILES string of the molecule is CNCc1ccc([N+](=O)[O-])c(OCC(=O)N2CCCC2)c1. The molecule has 0 radical (unpaired) electrons. The Morgan fingerprint density at radius 1 is 1.43 bits per heavy atom. The maximum Gasteiger partial charge on any atom is 0.310 e. The highest BCUT2D eigenvalue weighted by atomic mass is 16.6. The number of hydrogen-bond donors (Lipinski definition) is 1. The molecular formula is C14H19N3O4. The summed E-state index contributed by atoms with van der Waals surface area (Å²) in [6.07, 6.45) is 2.01. The third kappa shape index (κ3) is 3.91. The van der Waals surface area contributed by atoms with Crippen molar-refractivity contribution in [2.45, 2.75) is 19.4 Å². The maximum absolute atomic E-state index is 11.9. The Morgan fingerprint density at radius 3 is 2.76 bits per heavy atom. The quantitative estimate of drug-likeness (QED) is 0.631. The van der Waals surface area contributed by atoms with Gasteiger partial charge in [0, 0.05) is 25.7 Å². The Kier molecular flexibility index (Phi) is 5.10. The number of nitro groups is 1. The Hall–Kier alpha value is -2.15. The van der Waals surface area contributed by atoms with Gasteiger partial charge in [0.15, 0.2) is 12.4 Å². The van der Waals surface area contributed by atoms with Gasteiger partial charge >= 0.3 is 5.69 Å². The highest BCUT2D eigenvalue weighted by molar-refractivity contribution is 5.78. The highest BCUT2D eigenvalue weighted by Gasteiger charge is 2.21. The van der Waals surface area contributed by atoms with Crippen molar-refractivity contribution in [3.05, 3.63) is 33.9 Å². The van der Waals surface area contributed by atoms with Crippen molar-refractivity contribution in [3.63, 3.8) is 0 Å². The zero-order chi connectivity index (χ0) is 15.2. The maximum atomic E-state index is 11.9. The summed E-state index contributed by atoms with van der Waals surface area (Å²) in [7, 11) is 1.79. The minimum Gasteiger partial charge on any atom is -0.477 e. The van der Waals surface area contributed by atoms with Gasteiger partial charge in [-0.15, -0.1) is 0 Å². The monoisotopic (exact) mass is 293 g/mol. The molecule has 0 unspecified atom stereocenters. The first-order valence-electron chi connectivity index (χ1n) is 6.94. The molecule has 1 saturated heterocycles. The molecule has 2 rings (SSSR count). The van der Waals surface area contributed by atoms with E-state index >= 15 is 0 Å². The number of rotatable bonds is 6. The van der Waals surface area contributed by atoms with Crippen molar-refractivity contribution >= 4 is 11.6 Å². The minimum atomic E-state index is -0.501. The van der Waals surface area contributed by atoms with Crippen molar-refractivity contribution in [2.24, 2.45) is 0 Å². The lowest BCUT2D eigenvalue weighted by Crippen LogP contribution is -2.32. The summed E-state index contributed by atoms with van der Waals surface area (Å²) in [6.45, 7) is 1.90. The number of nitrogens with zero attached hydrogens (tertiary/aromatic N) is 2. The highest BCUT2D eigenvalue weighted by Crippen LogP contribution is 2.28. The van der Waals surface area contributed by atoms with Crippen LogP contribution in [0.5, 0.6) is 5.75 Å². The second-order valence-corrected chi connectivity index (χ2v) is 4.97. The number of nitro benzene ring substituents is 1. The molecule has 0 aromatic heterocycles. The molecule has 0 bridgehead atoms. The molecule has 0 spiro atoms. The fraction of sp³-hybridized carbons (Fsp3) is 0.500. The van der Waals surface area contributed by atoms with Crippen LogP contribution in [0.25, 0.3) is 0 Å². The fourth-order valence-corrected chi connectivity index (χ4v) is 2.34. The molecule has 1 aliphatic heterocycles. The Labute approximate surface area is 123 Å². The van der Waals surface area contributed by atoms with Gasteiger partial charge in [-0.3, -0.25) is 14.9 Å². The Morgan fingerprint density at radius 2 is 2.14 bits per heavy atom. The summed E-state index contributed by atoms with van der Waals surface area (Å²) in [5.41, 5.74) is 0.746. The number of carbonyl (C=O) groups is 1. The smallest absolute Gasteiger partial charge is 0.310 e. The van der Waals surface area contributed by atoms with Crippen LogP contribution in [-0.2, 0) is 11.3 Å². The summed E-state index contributed by atoms with van der Waals surface area (Å²) in [5, 5.41) is 14.0. The summed E-state index contributed by atoms with van der Waals surface area (Å²) in [6, 6.07) is 4.68. The van der Waals surface area contributed by atoms with Crippen LogP contribution in [0.4, 0.5) is 5.69 Å². The van der Waals surface area contributed by atoms with Gasteiger partial charge in [0.05, 0.1) is 4.92 Å². The second-order valence-electron chi connectivity index (χ2n) is 4.97.